The fourth-order valence-electron chi connectivity index (χ4n) is 4.16. The second-order valence-corrected chi connectivity index (χ2v) is 8.20. The van der Waals surface area contributed by atoms with E-state index in [9.17, 15) is 4.79 Å². The van der Waals surface area contributed by atoms with Crippen molar-refractivity contribution in [2.24, 2.45) is 5.92 Å². The van der Waals surface area contributed by atoms with Crippen molar-refractivity contribution in [3.63, 3.8) is 0 Å². The number of hydrogen-bond donors (Lipinski definition) is 2. The summed E-state index contributed by atoms with van der Waals surface area (Å²) in [5, 5.41) is 8.97. The van der Waals surface area contributed by atoms with Crippen molar-refractivity contribution in [2.75, 3.05) is 25.1 Å². The first-order valence-corrected chi connectivity index (χ1v) is 10.9. The maximum absolute atomic E-state index is 10.9. The molecule has 1 aromatic carbocycles. The van der Waals surface area contributed by atoms with Crippen LogP contribution in [0.5, 0.6) is 5.75 Å². The van der Waals surface area contributed by atoms with Gasteiger partial charge in [0.2, 0.25) is 5.95 Å². The lowest BCUT2D eigenvalue weighted by molar-refractivity contribution is -0.138. The number of ether oxygens (including phenoxy) is 1. The highest BCUT2D eigenvalue weighted by molar-refractivity contribution is 5.80. The van der Waals surface area contributed by atoms with E-state index in [0.717, 1.165) is 65.4 Å². The summed E-state index contributed by atoms with van der Waals surface area (Å²) in [6.07, 6.45) is 7.26. The zero-order chi connectivity index (χ0) is 22.8. The first-order chi connectivity index (χ1) is 16.1. The number of methoxy groups -OCH3 is 1. The van der Waals surface area contributed by atoms with Gasteiger partial charge in [-0.1, -0.05) is 0 Å². The number of piperidine rings is 1. The number of aromatic amines is 1. The number of hydrogen-bond acceptors (Lipinski definition) is 7. The van der Waals surface area contributed by atoms with Gasteiger partial charge in [0.15, 0.2) is 0 Å². The van der Waals surface area contributed by atoms with E-state index < -0.39 is 5.97 Å². The summed E-state index contributed by atoms with van der Waals surface area (Å²) in [6, 6.07) is 9.62. The number of nitrogens with one attached hydrogen (secondary N) is 1. The molecule has 9 heteroatoms. The average Bonchev–Trinajstić information content (AvgIpc) is 3.28. The third kappa shape index (κ3) is 4.48. The summed E-state index contributed by atoms with van der Waals surface area (Å²) in [7, 11) is 1.64. The van der Waals surface area contributed by atoms with Crippen molar-refractivity contribution in [1.82, 2.24) is 24.9 Å². The molecule has 1 saturated heterocycles. The van der Waals surface area contributed by atoms with Gasteiger partial charge in [0.1, 0.15) is 11.6 Å². The van der Waals surface area contributed by atoms with Gasteiger partial charge in [0, 0.05) is 55.3 Å². The number of anilines is 1. The molecule has 3 aromatic heterocycles. The highest BCUT2D eigenvalue weighted by Crippen LogP contribution is 2.26. The van der Waals surface area contributed by atoms with E-state index in [1.807, 2.05) is 30.3 Å². The number of benzene rings is 1. The van der Waals surface area contributed by atoms with Gasteiger partial charge in [-0.25, -0.2) is 15.0 Å². The van der Waals surface area contributed by atoms with Crippen LogP contribution in [0.25, 0.3) is 33.7 Å². The summed E-state index contributed by atoms with van der Waals surface area (Å²) in [5.41, 5.74) is 4.27. The summed E-state index contributed by atoms with van der Waals surface area (Å²) in [4.78, 5) is 34.6. The number of aromatic nitrogens is 5. The number of carboxylic acids is 1. The van der Waals surface area contributed by atoms with E-state index in [-0.39, 0.29) is 12.3 Å². The number of fused-ring (bicyclic) bond motifs is 1. The third-order valence-corrected chi connectivity index (χ3v) is 6.02. The molecule has 0 atom stereocenters. The van der Waals surface area contributed by atoms with Crippen LogP contribution in [-0.2, 0) is 4.79 Å². The third-order valence-electron chi connectivity index (χ3n) is 6.02. The molecule has 33 heavy (non-hydrogen) atoms. The normalized spacial score (nSPS) is 14.5. The average molecular weight is 444 g/mol. The predicted octanol–water partition coefficient (Wildman–Crippen LogP) is 3.78. The number of carbonyl (C=O) groups is 1. The fourth-order valence-corrected chi connectivity index (χ4v) is 4.16. The molecule has 1 fully saturated rings. The zero-order valence-corrected chi connectivity index (χ0v) is 18.2. The summed E-state index contributed by atoms with van der Waals surface area (Å²) in [5.74, 6) is 1.69. The minimum absolute atomic E-state index is 0.231. The van der Waals surface area contributed by atoms with Crippen LogP contribution < -0.4 is 9.64 Å². The van der Waals surface area contributed by atoms with E-state index in [2.05, 4.69) is 29.8 Å². The Morgan fingerprint density at radius 1 is 1.09 bits per heavy atom. The first kappa shape index (κ1) is 20.9. The van der Waals surface area contributed by atoms with Gasteiger partial charge in [0.05, 0.1) is 23.8 Å². The van der Waals surface area contributed by atoms with Crippen molar-refractivity contribution < 1.29 is 14.6 Å². The van der Waals surface area contributed by atoms with E-state index >= 15 is 0 Å². The number of H-pyrrole nitrogens is 1. The van der Waals surface area contributed by atoms with Crippen LogP contribution in [0, 0.1) is 5.92 Å². The molecule has 168 valence electrons. The molecule has 2 N–H and O–H groups in total. The fraction of sp³-hybridized carbons (Fsp3) is 0.292. The van der Waals surface area contributed by atoms with Gasteiger partial charge < -0.3 is 19.7 Å². The number of nitrogens with zero attached hydrogens (tertiary/aromatic N) is 5. The predicted molar refractivity (Wildman–Crippen MR) is 124 cm³/mol. The Balaban J connectivity index is 1.27. The molecule has 4 aromatic rings. The molecule has 0 spiro atoms. The summed E-state index contributed by atoms with van der Waals surface area (Å²) < 4.78 is 5.27. The highest BCUT2D eigenvalue weighted by atomic mass is 16.5. The molecular formula is C24H24N6O3. The smallest absolute Gasteiger partial charge is 0.303 e. The van der Waals surface area contributed by atoms with Gasteiger partial charge in [-0.2, -0.15) is 0 Å². The molecule has 5 rings (SSSR count). The Morgan fingerprint density at radius 3 is 2.52 bits per heavy atom. The van der Waals surface area contributed by atoms with Crippen molar-refractivity contribution in [3.8, 4) is 28.4 Å². The van der Waals surface area contributed by atoms with Crippen molar-refractivity contribution in [1.29, 1.82) is 0 Å². The van der Waals surface area contributed by atoms with Crippen LogP contribution in [0.4, 0.5) is 5.95 Å². The second-order valence-electron chi connectivity index (χ2n) is 8.20. The largest absolute Gasteiger partial charge is 0.497 e. The number of rotatable bonds is 6. The molecule has 4 heterocycles. The molecule has 0 unspecified atom stereocenters. The Labute approximate surface area is 190 Å². The quantitative estimate of drug-likeness (QED) is 0.461. The van der Waals surface area contributed by atoms with Crippen LogP contribution in [0.2, 0.25) is 0 Å². The van der Waals surface area contributed by atoms with E-state index in [1.54, 1.807) is 25.7 Å². The number of imidazole rings is 1. The molecule has 0 amide bonds. The Hall–Kier alpha value is -4.01. The maximum Gasteiger partial charge on any atom is 0.303 e. The van der Waals surface area contributed by atoms with Crippen LogP contribution in [-0.4, -0.2) is 56.2 Å². The second kappa shape index (κ2) is 8.85. The first-order valence-electron chi connectivity index (χ1n) is 10.9. The van der Waals surface area contributed by atoms with Gasteiger partial charge >= 0.3 is 5.97 Å². The summed E-state index contributed by atoms with van der Waals surface area (Å²) in [6.45, 7) is 1.54. The molecule has 1 aliphatic heterocycles. The number of aliphatic carboxylic acids is 1. The lowest BCUT2D eigenvalue weighted by Gasteiger charge is -2.31. The van der Waals surface area contributed by atoms with E-state index in [4.69, 9.17) is 9.84 Å². The van der Waals surface area contributed by atoms with Crippen molar-refractivity contribution >= 4 is 23.0 Å². The molecule has 0 saturated carbocycles. The standard InChI is InChI=1S/C24H24N6O3/c1-33-18-3-5-20-21(11-18)29-23(28-20)16-2-4-19(25-12-16)17-13-26-24(27-14-17)30-8-6-15(7-9-30)10-22(31)32/h2-5,11-15H,6-10H2,1H3,(H,28,29)(H,31,32). The summed E-state index contributed by atoms with van der Waals surface area (Å²) >= 11 is 0. The van der Waals surface area contributed by atoms with Crippen LogP contribution >= 0.6 is 0 Å². The minimum Gasteiger partial charge on any atom is -0.497 e. The Morgan fingerprint density at radius 2 is 1.85 bits per heavy atom. The molecule has 0 bridgehead atoms. The molecular weight excluding hydrogens is 420 g/mol. The molecule has 1 aliphatic rings. The number of pyridine rings is 1. The highest BCUT2D eigenvalue weighted by Gasteiger charge is 2.22. The number of carboxylic acid groups (broad SMARTS) is 1. The van der Waals surface area contributed by atoms with Gasteiger partial charge in [-0.3, -0.25) is 9.78 Å². The van der Waals surface area contributed by atoms with Gasteiger partial charge in [-0.15, -0.1) is 0 Å². The monoisotopic (exact) mass is 444 g/mol. The molecule has 0 aliphatic carbocycles. The SMILES string of the molecule is COc1ccc2nc(-c3ccc(-c4cnc(N5CCC(CC(=O)O)CC5)nc4)nc3)[nH]c2c1. The van der Waals surface area contributed by atoms with Crippen LogP contribution in [0.3, 0.4) is 0 Å². The lowest BCUT2D eigenvalue weighted by atomic mass is 9.94. The Kier molecular flexibility index (Phi) is 5.60. The Bertz CT molecular complexity index is 1260. The van der Waals surface area contributed by atoms with E-state index in [1.165, 1.54) is 0 Å². The lowest BCUT2D eigenvalue weighted by Crippen LogP contribution is -2.35. The van der Waals surface area contributed by atoms with Crippen LogP contribution in [0.1, 0.15) is 19.3 Å². The minimum atomic E-state index is -0.729. The molecule has 0 radical (unpaired) electrons. The van der Waals surface area contributed by atoms with Gasteiger partial charge in [-0.05, 0) is 43.0 Å². The zero-order valence-electron chi connectivity index (χ0n) is 18.2. The van der Waals surface area contributed by atoms with Crippen LogP contribution in [0.15, 0.2) is 48.9 Å². The molecule has 9 nitrogen and oxygen atoms in total. The van der Waals surface area contributed by atoms with Crippen molar-refractivity contribution in [3.05, 3.63) is 48.9 Å². The van der Waals surface area contributed by atoms with Gasteiger partial charge in [0.25, 0.3) is 0 Å². The van der Waals surface area contributed by atoms with E-state index in [0.29, 0.717) is 5.95 Å². The van der Waals surface area contributed by atoms with Crippen molar-refractivity contribution in [2.45, 2.75) is 19.3 Å². The maximum atomic E-state index is 10.9. The topological polar surface area (TPSA) is 117 Å².